The van der Waals surface area contributed by atoms with Gasteiger partial charge in [-0.05, 0) is 44.9 Å². The minimum absolute atomic E-state index is 0.297. The van der Waals surface area contributed by atoms with Gasteiger partial charge >= 0.3 is 0 Å². The van der Waals surface area contributed by atoms with Gasteiger partial charge in [0.05, 0.1) is 5.60 Å². The van der Waals surface area contributed by atoms with Crippen molar-refractivity contribution >= 4 is 0 Å². The predicted octanol–water partition coefficient (Wildman–Crippen LogP) is 2.98. The van der Waals surface area contributed by atoms with Crippen LogP contribution in [-0.4, -0.2) is 25.5 Å². The highest BCUT2D eigenvalue weighted by Crippen LogP contribution is 2.38. The largest absolute Gasteiger partial charge is 0.389 e. The first kappa shape index (κ1) is 14.5. The summed E-state index contributed by atoms with van der Waals surface area (Å²) >= 11 is 0. The van der Waals surface area contributed by atoms with Crippen molar-refractivity contribution in [2.24, 2.45) is 11.8 Å². The Morgan fingerprint density at radius 1 is 1.42 bits per heavy atom. The standard InChI is InChI=1S/C15H27N3O/c1-11(2)13-6-5-7-15(19,8-13)9-14-16-10-17-18(14)12(3)4/h10-13,19H,5-9H2,1-4H3. The molecule has 2 atom stereocenters. The van der Waals surface area contributed by atoms with E-state index in [9.17, 15) is 5.11 Å². The van der Waals surface area contributed by atoms with Crippen LogP contribution in [0, 0.1) is 11.8 Å². The number of hydrogen-bond donors (Lipinski definition) is 1. The van der Waals surface area contributed by atoms with Crippen LogP contribution in [-0.2, 0) is 6.42 Å². The van der Waals surface area contributed by atoms with Crippen molar-refractivity contribution < 1.29 is 5.11 Å². The lowest BCUT2D eigenvalue weighted by atomic mass is 9.72. The summed E-state index contributed by atoms with van der Waals surface area (Å²) in [4.78, 5) is 4.34. The van der Waals surface area contributed by atoms with Crippen LogP contribution >= 0.6 is 0 Å². The van der Waals surface area contributed by atoms with Gasteiger partial charge in [0.25, 0.3) is 0 Å². The van der Waals surface area contributed by atoms with Gasteiger partial charge in [-0.25, -0.2) is 9.67 Å². The van der Waals surface area contributed by atoms with Gasteiger partial charge in [0.2, 0.25) is 0 Å². The molecular formula is C15H27N3O. The number of aromatic nitrogens is 3. The van der Waals surface area contributed by atoms with Crippen molar-refractivity contribution in [3.8, 4) is 0 Å². The van der Waals surface area contributed by atoms with Crippen LogP contribution < -0.4 is 0 Å². The Bertz CT molecular complexity index is 413. The summed E-state index contributed by atoms with van der Waals surface area (Å²) in [6.45, 7) is 8.71. The highest BCUT2D eigenvalue weighted by molar-refractivity contribution is 4.98. The van der Waals surface area contributed by atoms with Crippen LogP contribution in [0.25, 0.3) is 0 Å². The first-order chi connectivity index (χ1) is 8.91. The van der Waals surface area contributed by atoms with E-state index >= 15 is 0 Å². The molecule has 2 rings (SSSR count). The van der Waals surface area contributed by atoms with E-state index in [2.05, 4.69) is 37.8 Å². The Labute approximate surface area is 116 Å². The van der Waals surface area contributed by atoms with E-state index in [-0.39, 0.29) is 0 Å². The molecule has 0 bridgehead atoms. The topological polar surface area (TPSA) is 50.9 Å². The molecule has 108 valence electrons. The third-order valence-electron chi connectivity index (χ3n) is 4.43. The van der Waals surface area contributed by atoms with E-state index in [1.54, 1.807) is 6.33 Å². The van der Waals surface area contributed by atoms with Crippen LogP contribution in [0.3, 0.4) is 0 Å². The molecular weight excluding hydrogens is 238 g/mol. The minimum Gasteiger partial charge on any atom is -0.389 e. The fourth-order valence-electron chi connectivity index (χ4n) is 3.24. The molecule has 0 amide bonds. The summed E-state index contributed by atoms with van der Waals surface area (Å²) in [6.07, 6.45) is 6.39. The quantitative estimate of drug-likeness (QED) is 0.910. The summed E-state index contributed by atoms with van der Waals surface area (Å²) in [5.74, 6) is 2.20. The molecule has 1 heterocycles. The maximum absolute atomic E-state index is 10.9. The average Bonchev–Trinajstić information content (AvgIpc) is 2.76. The Morgan fingerprint density at radius 3 is 2.79 bits per heavy atom. The van der Waals surface area contributed by atoms with E-state index in [4.69, 9.17) is 0 Å². The highest BCUT2D eigenvalue weighted by atomic mass is 16.3. The van der Waals surface area contributed by atoms with Crippen LogP contribution in [0.2, 0.25) is 0 Å². The first-order valence-electron chi connectivity index (χ1n) is 7.52. The van der Waals surface area contributed by atoms with E-state index < -0.39 is 5.60 Å². The zero-order valence-electron chi connectivity index (χ0n) is 12.6. The number of rotatable bonds is 4. The van der Waals surface area contributed by atoms with Gasteiger partial charge in [-0.3, -0.25) is 0 Å². The molecule has 2 unspecified atom stereocenters. The second-order valence-electron chi connectivity index (χ2n) is 6.72. The SMILES string of the molecule is CC(C)C1CCCC(O)(Cc2ncnn2C(C)C)C1. The lowest BCUT2D eigenvalue weighted by Crippen LogP contribution is -2.39. The fourth-order valence-corrected chi connectivity index (χ4v) is 3.24. The molecule has 0 saturated heterocycles. The molecule has 19 heavy (non-hydrogen) atoms. The van der Waals surface area contributed by atoms with Gasteiger partial charge in [-0.1, -0.05) is 20.3 Å². The van der Waals surface area contributed by atoms with Gasteiger partial charge in [-0.2, -0.15) is 5.10 Å². The lowest BCUT2D eigenvalue weighted by molar-refractivity contribution is -0.0262. The molecule has 1 aromatic rings. The maximum atomic E-state index is 10.9. The lowest BCUT2D eigenvalue weighted by Gasteiger charge is -2.38. The monoisotopic (exact) mass is 265 g/mol. The van der Waals surface area contributed by atoms with Crippen molar-refractivity contribution in [1.29, 1.82) is 0 Å². The highest BCUT2D eigenvalue weighted by Gasteiger charge is 2.36. The number of hydrogen-bond acceptors (Lipinski definition) is 3. The zero-order chi connectivity index (χ0) is 14.0. The van der Waals surface area contributed by atoms with Gasteiger partial charge in [0.15, 0.2) is 0 Å². The zero-order valence-corrected chi connectivity index (χ0v) is 12.6. The molecule has 0 aliphatic heterocycles. The van der Waals surface area contributed by atoms with Gasteiger partial charge in [-0.15, -0.1) is 0 Å². The van der Waals surface area contributed by atoms with E-state index in [1.165, 1.54) is 6.42 Å². The van der Waals surface area contributed by atoms with E-state index in [1.807, 2.05) is 4.68 Å². The average molecular weight is 265 g/mol. The Hall–Kier alpha value is -0.900. The Balaban J connectivity index is 2.10. The molecule has 1 aliphatic rings. The molecule has 0 spiro atoms. The van der Waals surface area contributed by atoms with Crippen LogP contribution in [0.5, 0.6) is 0 Å². The smallest absolute Gasteiger partial charge is 0.138 e. The maximum Gasteiger partial charge on any atom is 0.138 e. The molecule has 0 radical (unpaired) electrons. The van der Waals surface area contributed by atoms with Crippen molar-refractivity contribution in [3.63, 3.8) is 0 Å². The van der Waals surface area contributed by atoms with Crippen molar-refractivity contribution in [2.75, 3.05) is 0 Å². The van der Waals surface area contributed by atoms with E-state index in [0.29, 0.717) is 24.3 Å². The fraction of sp³-hybridized carbons (Fsp3) is 0.867. The molecule has 1 aromatic heterocycles. The van der Waals surface area contributed by atoms with Crippen LogP contribution in [0.1, 0.15) is 65.2 Å². The van der Waals surface area contributed by atoms with Crippen LogP contribution in [0.4, 0.5) is 0 Å². The Kier molecular flexibility index (Phi) is 4.29. The summed E-state index contributed by atoms with van der Waals surface area (Å²) in [6, 6.07) is 0.297. The second kappa shape index (κ2) is 5.61. The molecule has 1 aliphatic carbocycles. The molecule has 4 heteroatoms. The number of nitrogens with zero attached hydrogens (tertiary/aromatic N) is 3. The molecule has 4 nitrogen and oxygen atoms in total. The summed E-state index contributed by atoms with van der Waals surface area (Å²) in [7, 11) is 0. The van der Waals surface area contributed by atoms with Gasteiger partial charge < -0.3 is 5.11 Å². The van der Waals surface area contributed by atoms with Gasteiger partial charge in [0, 0.05) is 12.5 Å². The second-order valence-corrected chi connectivity index (χ2v) is 6.72. The normalized spacial score (nSPS) is 28.3. The van der Waals surface area contributed by atoms with Crippen molar-refractivity contribution in [3.05, 3.63) is 12.2 Å². The summed E-state index contributed by atoms with van der Waals surface area (Å²) in [5.41, 5.74) is -0.590. The third-order valence-corrected chi connectivity index (χ3v) is 4.43. The molecule has 1 fully saturated rings. The number of aliphatic hydroxyl groups is 1. The summed E-state index contributed by atoms with van der Waals surface area (Å²) < 4.78 is 1.93. The minimum atomic E-state index is -0.590. The van der Waals surface area contributed by atoms with Crippen LogP contribution in [0.15, 0.2) is 6.33 Å². The molecule has 1 saturated carbocycles. The predicted molar refractivity (Wildman–Crippen MR) is 75.9 cm³/mol. The summed E-state index contributed by atoms with van der Waals surface area (Å²) in [5, 5.41) is 15.1. The molecule has 1 N–H and O–H groups in total. The van der Waals surface area contributed by atoms with Crippen molar-refractivity contribution in [1.82, 2.24) is 14.8 Å². The van der Waals surface area contributed by atoms with Crippen molar-refractivity contribution in [2.45, 2.75) is 71.4 Å². The Morgan fingerprint density at radius 2 is 2.16 bits per heavy atom. The first-order valence-corrected chi connectivity index (χ1v) is 7.52. The third kappa shape index (κ3) is 3.35. The van der Waals surface area contributed by atoms with E-state index in [0.717, 1.165) is 25.1 Å². The molecule has 0 aromatic carbocycles. The van der Waals surface area contributed by atoms with Gasteiger partial charge in [0.1, 0.15) is 12.2 Å².